The molecule has 6 heterocycles. The fourth-order valence-corrected chi connectivity index (χ4v) is 8.14. The molecule has 8 heteroatoms. The Balaban J connectivity index is 0.000000133. The summed E-state index contributed by atoms with van der Waals surface area (Å²) in [6.07, 6.45) is 4.83. The van der Waals surface area contributed by atoms with E-state index in [0.29, 0.717) is 32.7 Å². The van der Waals surface area contributed by atoms with E-state index in [9.17, 15) is 9.59 Å². The minimum Gasteiger partial charge on any atom is -0.292 e. The van der Waals surface area contributed by atoms with Crippen LogP contribution in [0.2, 0.25) is 0 Å². The highest BCUT2D eigenvalue weighted by atomic mass is 32.2. The molecule has 0 amide bonds. The average molecular weight is 646 g/mol. The zero-order valence-electron chi connectivity index (χ0n) is 26.9. The van der Waals surface area contributed by atoms with E-state index in [1.807, 2.05) is 60.5 Å². The molecule has 0 N–H and O–H groups in total. The molecule has 10 rings (SSSR count). The molecule has 0 saturated heterocycles. The van der Waals surface area contributed by atoms with Gasteiger partial charge in [0.1, 0.15) is 6.33 Å². The van der Waals surface area contributed by atoms with Crippen LogP contribution in [0.15, 0.2) is 135 Å². The van der Waals surface area contributed by atoms with Crippen LogP contribution in [0, 0.1) is 0 Å². The molecule has 7 nitrogen and oxygen atoms in total. The summed E-state index contributed by atoms with van der Waals surface area (Å²) in [6, 6.07) is 32.1. The molecule has 0 fully saturated rings. The molecular formula is C40H31N5O2S. The lowest BCUT2D eigenvalue weighted by molar-refractivity contribution is 0.628. The molecule has 0 spiro atoms. The van der Waals surface area contributed by atoms with Gasteiger partial charge in [-0.1, -0.05) is 88.0 Å². The molecule has 0 radical (unpaired) electrons. The van der Waals surface area contributed by atoms with Crippen LogP contribution in [-0.2, 0) is 5.41 Å². The number of fused-ring (bicyclic) bond motifs is 8. The summed E-state index contributed by atoms with van der Waals surface area (Å²) in [5.74, 6) is 1.04. The second kappa shape index (κ2) is 11.3. The van der Waals surface area contributed by atoms with Crippen molar-refractivity contribution in [3.63, 3.8) is 0 Å². The summed E-state index contributed by atoms with van der Waals surface area (Å²) in [7, 11) is 0. The van der Waals surface area contributed by atoms with Gasteiger partial charge in [0.25, 0.3) is 0 Å². The molecule has 0 bridgehead atoms. The van der Waals surface area contributed by atoms with Crippen molar-refractivity contribution in [2.45, 2.75) is 42.9 Å². The van der Waals surface area contributed by atoms with Crippen molar-refractivity contribution in [1.29, 1.82) is 0 Å². The Morgan fingerprint density at radius 1 is 0.667 bits per heavy atom. The predicted molar refractivity (Wildman–Crippen MR) is 196 cm³/mol. The number of hydrogen-bond donors (Lipinski definition) is 0. The minimum absolute atomic E-state index is 0.00865. The molecule has 234 valence electrons. The highest BCUT2D eigenvalue weighted by Gasteiger charge is 2.40. The lowest BCUT2D eigenvalue weighted by Crippen LogP contribution is -2.32. The Bertz CT molecular complexity index is 2570. The van der Waals surface area contributed by atoms with Crippen LogP contribution in [0.3, 0.4) is 0 Å². The number of hydrogen-bond acceptors (Lipinski definition) is 7. The Kier molecular flexibility index (Phi) is 7.00. The van der Waals surface area contributed by atoms with Crippen LogP contribution in [-0.4, -0.2) is 19.4 Å². The van der Waals surface area contributed by atoms with Crippen molar-refractivity contribution in [1.82, 2.24) is 19.4 Å². The van der Waals surface area contributed by atoms with E-state index in [-0.39, 0.29) is 16.3 Å². The van der Waals surface area contributed by atoms with Crippen LogP contribution < -0.4 is 15.8 Å². The van der Waals surface area contributed by atoms with Crippen molar-refractivity contribution in [3.05, 3.63) is 147 Å². The largest absolute Gasteiger partial charge is 0.292 e. The summed E-state index contributed by atoms with van der Waals surface area (Å²) >= 11 is 1.82. The number of aromatic nitrogens is 4. The van der Waals surface area contributed by atoms with Gasteiger partial charge in [0.2, 0.25) is 0 Å². The molecule has 2 aliphatic rings. The van der Waals surface area contributed by atoms with Crippen molar-refractivity contribution in [2.24, 2.45) is 0 Å². The van der Waals surface area contributed by atoms with Crippen LogP contribution in [0.5, 0.6) is 0 Å². The maximum absolute atomic E-state index is 12.8. The topological polar surface area (TPSA) is 80.5 Å². The SMILES string of the molecule is CC.CC1(C)c2ccccc2N2c3ncccc3Sc3cccc1c32.O=c1c2ccccc2n2c3ncncc3c(=O)c3cccc1c32. The molecule has 0 aliphatic carbocycles. The highest BCUT2D eigenvalue weighted by Crippen LogP contribution is 2.59. The summed E-state index contributed by atoms with van der Waals surface area (Å²) < 4.78 is 1.89. The Labute approximate surface area is 280 Å². The van der Waals surface area contributed by atoms with Crippen LogP contribution in [0.1, 0.15) is 38.8 Å². The van der Waals surface area contributed by atoms with Gasteiger partial charge in [-0.15, -0.1) is 0 Å². The van der Waals surface area contributed by atoms with Crippen LogP contribution >= 0.6 is 11.8 Å². The van der Waals surface area contributed by atoms with Gasteiger partial charge in [0, 0.05) is 38.9 Å². The first-order valence-electron chi connectivity index (χ1n) is 16.0. The highest BCUT2D eigenvalue weighted by molar-refractivity contribution is 7.99. The van der Waals surface area contributed by atoms with Gasteiger partial charge < -0.3 is 0 Å². The molecule has 4 aromatic carbocycles. The van der Waals surface area contributed by atoms with Gasteiger partial charge in [0.15, 0.2) is 22.3 Å². The Morgan fingerprint density at radius 3 is 2.17 bits per heavy atom. The van der Waals surface area contributed by atoms with E-state index >= 15 is 0 Å². The van der Waals surface area contributed by atoms with Gasteiger partial charge in [-0.25, -0.2) is 15.0 Å². The summed E-state index contributed by atoms with van der Waals surface area (Å²) in [5, 5.41) is 2.09. The second-order valence-corrected chi connectivity index (χ2v) is 13.1. The standard InChI is InChI=1S/C20H16N2S.C18H9N3O2.C2H6/c1-20(2)13-7-3-4-9-15(13)22-18-14(20)8-5-10-16(18)23-17-11-6-12-21-19(17)22;22-16-10-4-1-2-7-14(10)21-15-11(16)5-3-6-12(15)17(23)13-8-19-9-20-18(13)21;1-2/h3-12H,1-2H3;1-9H;1-2H3. The molecule has 0 atom stereocenters. The second-order valence-electron chi connectivity index (χ2n) is 12.0. The number of rotatable bonds is 0. The van der Waals surface area contributed by atoms with E-state index in [4.69, 9.17) is 4.98 Å². The number of anilines is 3. The van der Waals surface area contributed by atoms with Gasteiger partial charge in [0.05, 0.1) is 32.7 Å². The molecule has 2 aliphatic heterocycles. The summed E-state index contributed by atoms with van der Waals surface area (Å²) in [5.41, 5.74) is 6.92. The van der Waals surface area contributed by atoms with Crippen molar-refractivity contribution in [2.75, 3.05) is 4.90 Å². The summed E-state index contributed by atoms with van der Waals surface area (Å²) in [6.45, 7) is 8.63. The first-order valence-corrected chi connectivity index (χ1v) is 16.8. The molecule has 48 heavy (non-hydrogen) atoms. The summed E-state index contributed by atoms with van der Waals surface area (Å²) in [4.78, 5) is 43.4. The third-order valence-electron chi connectivity index (χ3n) is 9.18. The number of pyridine rings is 3. The van der Waals surface area contributed by atoms with Crippen molar-refractivity contribution >= 4 is 67.2 Å². The zero-order chi connectivity index (χ0) is 33.2. The fraction of sp³-hybridized carbons (Fsp3) is 0.125. The van der Waals surface area contributed by atoms with Gasteiger partial charge >= 0.3 is 0 Å². The first-order chi connectivity index (χ1) is 23.4. The van der Waals surface area contributed by atoms with E-state index in [1.165, 1.54) is 44.8 Å². The third-order valence-corrected chi connectivity index (χ3v) is 10.3. The maximum Gasteiger partial charge on any atom is 0.200 e. The van der Waals surface area contributed by atoms with Crippen molar-refractivity contribution in [3.8, 4) is 0 Å². The van der Waals surface area contributed by atoms with Crippen LogP contribution in [0.25, 0.3) is 38.2 Å². The van der Waals surface area contributed by atoms with Gasteiger partial charge in [-0.05, 0) is 59.7 Å². The maximum atomic E-state index is 12.8. The van der Waals surface area contributed by atoms with E-state index in [1.54, 1.807) is 24.3 Å². The molecular weight excluding hydrogens is 615 g/mol. The monoisotopic (exact) mass is 645 g/mol. The zero-order valence-corrected chi connectivity index (χ0v) is 27.7. The molecule has 8 aromatic rings. The third kappa shape index (κ3) is 4.19. The quantitative estimate of drug-likeness (QED) is 0.120. The molecule has 0 unspecified atom stereocenters. The van der Waals surface area contributed by atoms with Crippen LogP contribution in [0.4, 0.5) is 17.2 Å². The number of nitrogens with zero attached hydrogens (tertiary/aromatic N) is 5. The van der Waals surface area contributed by atoms with E-state index in [2.05, 4.69) is 77.2 Å². The number of para-hydroxylation sites is 4. The van der Waals surface area contributed by atoms with E-state index < -0.39 is 0 Å². The molecule has 4 aromatic heterocycles. The predicted octanol–water partition coefficient (Wildman–Crippen LogP) is 9.03. The lowest BCUT2D eigenvalue weighted by atomic mass is 9.73. The number of benzene rings is 4. The average Bonchev–Trinajstić information content (AvgIpc) is 3.14. The lowest BCUT2D eigenvalue weighted by Gasteiger charge is -2.44. The fourth-order valence-electron chi connectivity index (χ4n) is 7.07. The Hall–Kier alpha value is -5.60. The Morgan fingerprint density at radius 2 is 1.33 bits per heavy atom. The first kappa shape index (κ1) is 29.8. The van der Waals surface area contributed by atoms with Crippen molar-refractivity contribution < 1.29 is 0 Å². The van der Waals surface area contributed by atoms with Gasteiger partial charge in [-0.2, -0.15) is 0 Å². The normalized spacial score (nSPS) is 13.6. The van der Waals surface area contributed by atoms with Gasteiger partial charge in [-0.3, -0.25) is 18.9 Å². The smallest absolute Gasteiger partial charge is 0.200 e. The minimum atomic E-state index is -0.152. The van der Waals surface area contributed by atoms with E-state index in [0.717, 1.165) is 11.3 Å². The molecule has 0 saturated carbocycles.